The van der Waals surface area contributed by atoms with E-state index in [1.165, 1.54) is 11.1 Å². The monoisotopic (exact) mass is 480 g/mol. The molecule has 186 valence electrons. The average Bonchev–Trinajstić information content (AvgIpc) is 3.47. The lowest BCUT2D eigenvalue weighted by Crippen LogP contribution is -2.40. The molecule has 2 amide bonds. The van der Waals surface area contributed by atoms with Gasteiger partial charge in [-0.1, -0.05) is 55.5 Å². The van der Waals surface area contributed by atoms with Crippen molar-refractivity contribution in [2.24, 2.45) is 11.8 Å². The van der Waals surface area contributed by atoms with E-state index in [1.54, 1.807) is 11.8 Å². The second-order valence-corrected chi connectivity index (χ2v) is 9.21. The Morgan fingerprint density at radius 1 is 1.11 bits per heavy atom. The number of carbonyl (C=O) groups excluding carboxylic acids is 2. The lowest BCUT2D eigenvalue weighted by atomic mass is 9.98. The van der Waals surface area contributed by atoms with Crippen LogP contribution in [0.1, 0.15) is 37.3 Å². The number of rotatable bonds is 9. The highest BCUT2D eigenvalue weighted by atomic mass is 16.5. The van der Waals surface area contributed by atoms with Crippen LogP contribution < -0.4 is 5.32 Å². The third-order valence-electron chi connectivity index (χ3n) is 6.86. The Labute approximate surface area is 205 Å². The summed E-state index contributed by atoms with van der Waals surface area (Å²) in [5, 5.41) is 11.9. The molecule has 4 rings (SSSR count). The molecule has 1 unspecified atom stereocenters. The van der Waals surface area contributed by atoms with Crippen molar-refractivity contribution < 1.29 is 29.0 Å². The minimum absolute atomic E-state index is 0.00824. The predicted molar refractivity (Wildman–Crippen MR) is 130 cm³/mol. The number of fused-ring (bicyclic) bond motifs is 3. The predicted octanol–water partition coefficient (Wildman–Crippen LogP) is 3.50. The molecular formula is C27H32N2O6. The smallest absolute Gasteiger partial charge is 0.407 e. The first-order valence-electron chi connectivity index (χ1n) is 12.1. The van der Waals surface area contributed by atoms with E-state index in [0.717, 1.165) is 11.1 Å². The summed E-state index contributed by atoms with van der Waals surface area (Å²) in [7, 11) is 0. The highest BCUT2D eigenvalue weighted by molar-refractivity contribution is 5.80. The van der Waals surface area contributed by atoms with Crippen molar-refractivity contribution in [3.05, 3.63) is 59.7 Å². The van der Waals surface area contributed by atoms with Crippen LogP contribution in [0.2, 0.25) is 0 Å². The van der Waals surface area contributed by atoms with Gasteiger partial charge in [-0.05, 0) is 35.6 Å². The molecule has 1 fully saturated rings. The van der Waals surface area contributed by atoms with Crippen LogP contribution >= 0.6 is 0 Å². The number of benzene rings is 2. The first kappa shape index (κ1) is 24.7. The standard InChI is InChI=1S/C27H32N2O6/c1-3-29(14-17(2)26(31)32)25(30)18-12-19(34-15-18)13-28-27(33)35-16-24-22-10-6-4-8-20(22)21-9-5-7-11-23(21)24/h4-11,17-19,24H,3,12-16H2,1-2H3,(H,28,33)(H,31,32)/t17?,18-,19-/m0/s1. The van der Waals surface area contributed by atoms with E-state index in [0.29, 0.717) is 13.0 Å². The van der Waals surface area contributed by atoms with Crippen molar-refractivity contribution in [3.8, 4) is 11.1 Å². The molecule has 0 aromatic heterocycles. The SMILES string of the molecule is CCN(CC(C)C(=O)O)C(=O)[C@@H]1CO[C@H](CNC(=O)OCC2c3ccccc3-c3ccccc32)C1. The normalized spacial score (nSPS) is 19.5. The van der Waals surface area contributed by atoms with Gasteiger partial charge in [0.2, 0.25) is 5.91 Å². The summed E-state index contributed by atoms with van der Waals surface area (Å²) in [6, 6.07) is 16.3. The topological polar surface area (TPSA) is 105 Å². The summed E-state index contributed by atoms with van der Waals surface area (Å²) in [4.78, 5) is 37.9. The lowest BCUT2D eigenvalue weighted by molar-refractivity contribution is -0.143. The van der Waals surface area contributed by atoms with Crippen molar-refractivity contribution in [1.29, 1.82) is 0 Å². The molecule has 0 saturated carbocycles. The van der Waals surface area contributed by atoms with Gasteiger partial charge in [0.25, 0.3) is 0 Å². The summed E-state index contributed by atoms with van der Waals surface area (Å²) < 4.78 is 11.3. The first-order valence-corrected chi connectivity index (χ1v) is 12.1. The maximum absolute atomic E-state index is 12.8. The number of nitrogens with one attached hydrogen (secondary N) is 1. The molecule has 1 aliphatic carbocycles. The third kappa shape index (κ3) is 5.48. The van der Waals surface area contributed by atoms with Crippen molar-refractivity contribution in [3.63, 3.8) is 0 Å². The van der Waals surface area contributed by atoms with Crippen LogP contribution in [-0.4, -0.2) is 66.9 Å². The van der Waals surface area contributed by atoms with Crippen LogP contribution in [0.15, 0.2) is 48.5 Å². The molecule has 0 spiro atoms. The Morgan fingerprint density at radius 3 is 2.34 bits per heavy atom. The van der Waals surface area contributed by atoms with Crippen molar-refractivity contribution in [1.82, 2.24) is 10.2 Å². The zero-order valence-corrected chi connectivity index (χ0v) is 20.1. The number of hydrogen-bond donors (Lipinski definition) is 2. The molecule has 1 aliphatic heterocycles. The van der Waals surface area contributed by atoms with E-state index in [1.807, 2.05) is 31.2 Å². The molecule has 8 heteroatoms. The molecule has 8 nitrogen and oxygen atoms in total. The highest BCUT2D eigenvalue weighted by Crippen LogP contribution is 2.44. The van der Waals surface area contributed by atoms with Gasteiger partial charge < -0.3 is 24.8 Å². The number of nitrogens with zero attached hydrogens (tertiary/aromatic N) is 1. The van der Waals surface area contributed by atoms with Gasteiger partial charge in [0.1, 0.15) is 6.61 Å². The minimum Gasteiger partial charge on any atom is -0.481 e. The van der Waals surface area contributed by atoms with Gasteiger partial charge in [-0.3, -0.25) is 9.59 Å². The van der Waals surface area contributed by atoms with Crippen LogP contribution in [0.25, 0.3) is 11.1 Å². The number of ether oxygens (including phenoxy) is 2. The number of carboxylic acids is 1. The molecule has 0 bridgehead atoms. The molecular weight excluding hydrogens is 448 g/mol. The number of hydrogen-bond acceptors (Lipinski definition) is 5. The molecule has 0 radical (unpaired) electrons. The molecule has 2 N–H and O–H groups in total. The fourth-order valence-corrected chi connectivity index (χ4v) is 4.91. The Bertz CT molecular complexity index is 1040. The van der Waals surface area contributed by atoms with Gasteiger partial charge in [-0.15, -0.1) is 0 Å². The molecule has 2 aromatic carbocycles. The first-order chi connectivity index (χ1) is 16.9. The highest BCUT2D eigenvalue weighted by Gasteiger charge is 2.34. The number of carboxylic acid groups (broad SMARTS) is 1. The van der Waals surface area contributed by atoms with Crippen molar-refractivity contribution in [2.75, 3.05) is 32.8 Å². The van der Waals surface area contributed by atoms with Gasteiger partial charge in [0.05, 0.1) is 24.5 Å². The van der Waals surface area contributed by atoms with E-state index < -0.39 is 18.0 Å². The van der Waals surface area contributed by atoms with Crippen molar-refractivity contribution >= 4 is 18.0 Å². The second-order valence-electron chi connectivity index (χ2n) is 9.21. The van der Waals surface area contributed by atoms with E-state index in [-0.39, 0.29) is 50.2 Å². The van der Waals surface area contributed by atoms with Crippen LogP contribution in [-0.2, 0) is 19.1 Å². The number of amides is 2. The van der Waals surface area contributed by atoms with Crippen molar-refractivity contribution in [2.45, 2.75) is 32.3 Å². The lowest BCUT2D eigenvalue weighted by Gasteiger charge is -2.25. The summed E-state index contributed by atoms with van der Waals surface area (Å²) in [5.41, 5.74) is 4.65. The molecule has 2 aliphatic rings. The maximum Gasteiger partial charge on any atom is 0.407 e. The van der Waals surface area contributed by atoms with Gasteiger partial charge in [-0.25, -0.2) is 4.79 Å². The number of alkyl carbamates (subject to hydrolysis) is 1. The van der Waals surface area contributed by atoms with E-state index in [4.69, 9.17) is 14.6 Å². The van der Waals surface area contributed by atoms with Gasteiger partial charge >= 0.3 is 12.1 Å². The Morgan fingerprint density at radius 2 is 1.74 bits per heavy atom. The maximum atomic E-state index is 12.8. The van der Waals surface area contributed by atoms with Gasteiger partial charge in [0.15, 0.2) is 0 Å². The molecule has 3 atom stereocenters. The Balaban J connectivity index is 1.25. The Kier molecular flexibility index (Phi) is 7.70. The number of aliphatic carboxylic acids is 1. The zero-order chi connectivity index (χ0) is 24.9. The Hall–Kier alpha value is -3.39. The average molecular weight is 481 g/mol. The fourth-order valence-electron chi connectivity index (χ4n) is 4.91. The summed E-state index contributed by atoms with van der Waals surface area (Å²) in [6.45, 7) is 4.77. The van der Waals surface area contributed by atoms with E-state index in [9.17, 15) is 14.4 Å². The van der Waals surface area contributed by atoms with Crippen LogP contribution in [0, 0.1) is 11.8 Å². The minimum atomic E-state index is -0.927. The zero-order valence-electron chi connectivity index (χ0n) is 20.1. The molecule has 1 saturated heterocycles. The third-order valence-corrected chi connectivity index (χ3v) is 6.86. The van der Waals surface area contributed by atoms with Crippen LogP contribution in [0.5, 0.6) is 0 Å². The summed E-state index contributed by atoms with van der Waals surface area (Å²) in [5.74, 6) is -2.02. The summed E-state index contributed by atoms with van der Waals surface area (Å²) in [6.07, 6.45) is -0.337. The molecule has 2 aromatic rings. The van der Waals surface area contributed by atoms with Gasteiger partial charge in [0, 0.05) is 25.6 Å². The second kappa shape index (κ2) is 10.9. The quantitative estimate of drug-likeness (QED) is 0.569. The largest absolute Gasteiger partial charge is 0.481 e. The van der Waals surface area contributed by atoms with Crippen LogP contribution in [0.3, 0.4) is 0 Å². The number of carbonyl (C=O) groups is 3. The molecule has 1 heterocycles. The summed E-state index contributed by atoms with van der Waals surface area (Å²) >= 11 is 0. The fraction of sp³-hybridized carbons (Fsp3) is 0.444. The van der Waals surface area contributed by atoms with E-state index in [2.05, 4.69) is 29.6 Å². The van der Waals surface area contributed by atoms with Crippen LogP contribution in [0.4, 0.5) is 4.79 Å². The van der Waals surface area contributed by atoms with E-state index >= 15 is 0 Å². The van der Waals surface area contributed by atoms with Gasteiger partial charge in [-0.2, -0.15) is 0 Å². The molecule has 35 heavy (non-hydrogen) atoms.